The van der Waals surface area contributed by atoms with Crippen LogP contribution in [0.2, 0.25) is 0 Å². The van der Waals surface area contributed by atoms with Crippen LogP contribution in [0.25, 0.3) is 0 Å². The number of hydrogen-bond acceptors (Lipinski definition) is 3. The van der Waals surface area contributed by atoms with Gasteiger partial charge >= 0.3 is 6.03 Å². The van der Waals surface area contributed by atoms with Crippen molar-refractivity contribution >= 4 is 17.7 Å². The number of carbonyl (C=O) groups excluding carboxylic acids is 1. The Kier molecular flexibility index (Phi) is 7.74. The normalized spacial score (nSPS) is 13.8. The standard InChI is InChI=1S/C22H29N5O2/c1-23-21(24-12-15-29-20-10-3-2-4-11-20)25-17-18-8-7-9-19(16-18)26-22(28)27-13-5-6-14-27/h2-4,7-11,16H,5-6,12-15,17H2,1H3,(H,26,28)(H2,23,24,25). The maximum atomic E-state index is 12.2. The summed E-state index contributed by atoms with van der Waals surface area (Å²) in [6, 6.07) is 17.6. The number of nitrogens with one attached hydrogen (secondary N) is 3. The van der Waals surface area contributed by atoms with E-state index in [4.69, 9.17) is 4.74 Å². The molecular weight excluding hydrogens is 366 g/mol. The van der Waals surface area contributed by atoms with E-state index in [0.717, 1.165) is 42.9 Å². The van der Waals surface area contributed by atoms with E-state index in [1.54, 1.807) is 7.05 Å². The molecule has 7 nitrogen and oxygen atoms in total. The van der Waals surface area contributed by atoms with E-state index in [1.165, 1.54) is 0 Å². The van der Waals surface area contributed by atoms with E-state index in [2.05, 4.69) is 20.9 Å². The maximum absolute atomic E-state index is 12.2. The molecule has 1 aliphatic rings. The lowest BCUT2D eigenvalue weighted by Crippen LogP contribution is -2.38. The number of carbonyl (C=O) groups is 1. The predicted octanol–water partition coefficient (Wildman–Crippen LogP) is 3.06. The van der Waals surface area contributed by atoms with E-state index in [0.29, 0.717) is 25.7 Å². The number of nitrogens with zero attached hydrogens (tertiary/aromatic N) is 2. The molecule has 1 aliphatic heterocycles. The highest BCUT2D eigenvalue weighted by Crippen LogP contribution is 2.14. The fraction of sp³-hybridized carbons (Fsp3) is 0.364. The van der Waals surface area contributed by atoms with Crippen molar-refractivity contribution in [3.8, 4) is 5.75 Å². The third kappa shape index (κ3) is 6.71. The summed E-state index contributed by atoms with van der Waals surface area (Å²) >= 11 is 0. The molecule has 0 unspecified atom stereocenters. The van der Waals surface area contributed by atoms with E-state index in [-0.39, 0.29) is 6.03 Å². The summed E-state index contributed by atoms with van der Waals surface area (Å²) in [4.78, 5) is 18.3. The molecule has 0 aromatic heterocycles. The van der Waals surface area contributed by atoms with Gasteiger partial charge in [-0.05, 0) is 42.7 Å². The second-order valence-electron chi connectivity index (χ2n) is 6.84. The van der Waals surface area contributed by atoms with E-state index < -0.39 is 0 Å². The van der Waals surface area contributed by atoms with Crippen LogP contribution in [0.15, 0.2) is 59.6 Å². The zero-order chi connectivity index (χ0) is 20.3. The number of anilines is 1. The lowest BCUT2D eigenvalue weighted by molar-refractivity contribution is 0.222. The van der Waals surface area contributed by atoms with Crippen LogP contribution < -0.4 is 20.7 Å². The second-order valence-corrected chi connectivity index (χ2v) is 6.84. The number of guanidine groups is 1. The van der Waals surface area contributed by atoms with Crippen molar-refractivity contribution in [1.82, 2.24) is 15.5 Å². The number of hydrogen-bond donors (Lipinski definition) is 3. The molecule has 2 aromatic rings. The topological polar surface area (TPSA) is 78.0 Å². The van der Waals surface area contributed by atoms with Gasteiger partial charge in [0, 0.05) is 32.4 Å². The number of ether oxygens (including phenoxy) is 1. The Labute approximate surface area is 172 Å². The molecule has 3 rings (SSSR count). The van der Waals surface area contributed by atoms with Crippen molar-refractivity contribution in [2.45, 2.75) is 19.4 Å². The van der Waals surface area contributed by atoms with Gasteiger partial charge < -0.3 is 25.6 Å². The summed E-state index contributed by atoms with van der Waals surface area (Å²) in [6.07, 6.45) is 2.17. The number of rotatable bonds is 7. The molecule has 1 fully saturated rings. The van der Waals surface area contributed by atoms with Crippen molar-refractivity contribution in [1.29, 1.82) is 0 Å². The smallest absolute Gasteiger partial charge is 0.321 e. The number of amides is 2. The summed E-state index contributed by atoms with van der Waals surface area (Å²) < 4.78 is 5.67. The van der Waals surface area contributed by atoms with Crippen LogP contribution in [-0.4, -0.2) is 50.2 Å². The van der Waals surface area contributed by atoms with Gasteiger partial charge in [0.2, 0.25) is 0 Å². The Balaban J connectivity index is 1.41. The molecule has 1 saturated heterocycles. The van der Waals surface area contributed by atoms with Gasteiger partial charge in [0.05, 0.1) is 6.54 Å². The third-order valence-corrected chi connectivity index (χ3v) is 4.66. The van der Waals surface area contributed by atoms with Crippen LogP contribution in [0, 0.1) is 0 Å². The first kappa shape index (κ1) is 20.5. The molecule has 1 heterocycles. The minimum Gasteiger partial charge on any atom is -0.492 e. The Morgan fingerprint density at radius 3 is 2.62 bits per heavy atom. The first-order valence-electron chi connectivity index (χ1n) is 10.0. The Bertz CT molecular complexity index is 804. The zero-order valence-electron chi connectivity index (χ0n) is 16.9. The van der Waals surface area contributed by atoms with Crippen LogP contribution in [0.1, 0.15) is 18.4 Å². The summed E-state index contributed by atoms with van der Waals surface area (Å²) in [6.45, 7) is 3.46. The molecule has 0 bridgehead atoms. The Morgan fingerprint density at radius 1 is 1.07 bits per heavy atom. The number of benzene rings is 2. The van der Waals surface area contributed by atoms with Gasteiger partial charge in [0.1, 0.15) is 12.4 Å². The monoisotopic (exact) mass is 395 g/mol. The highest BCUT2D eigenvalue weighted by Gasteiger charge is 2.17. The quantitative estimate of drug-likeness (QED) is 0.383. The van der Waals surface area contributed by atoms with Gasteiger partial charge in [-0.15, -0.1) is 0 Å². The molecule has 0 aliphatic carbocycles. The number of urea groups is 1. The largest absolute Gasteiger partial charge is 0.492 e. The number of likely N-dealkylation sites (tertiary alicyclic amines) is 1. The maximum Gasteiger partial charge on any atom is 0.321 e. The van der Waals surface area contributed by atoms with Gasteiger partial charge in [-0.2, -0.15) is 0 Å². The first-order chi connectivity index (χ1) is 14.2. The van der Waals surface area contributed by atoms with Gasteiger partial charge in [0.15, 0.2) is 5.96 Å². The third-order valence-electron chi connectivity index (χ3n) is 4.66. The molecule has 3 N–H and O–H groups in total. The number of para-hydroxylation sites is 1. The first-order valence-corrected chi connectivity index (χ1v) is 10.0. The van der Waals surface area contributed by atoms with Gasteiger partial charge in [-0.1, -0.05) is 30.3 Å². The van der Waals surface area contributed by atoms with Crippen LogP contribution in [0.4, 0.5) is 10.5 Å². The zero-order valence-corrected chi connectivity index (χ0v) is 16.9. The lowest BCUT2D eigenvalue weighted by Gasteiger charge is -2.17. The van der Waals surface area contributed by atoms with Gasteiger partial charge in [-0.25, -0.2) is 4.79 Å². The second kappa shape index (κ2) is 10.9. The highest BCUT2D eigenvalue weighted by molar-refractivity contribution is 5.89. The molecule has 154 valence electrons. The summed E-state index contributed by atoms with van der Waals surface area (Å²) in [5.41, 5.74) is 1.87. The molecule has 2 amide bonds. The van der Waals surface area contributed by atoms with Gasteiger partial charge in [-0.3, -0.25) is 4.99 Å². The van der Waals surface area contributed by atoms with Crippen LogP contribution >= 0.6 is 0 Å². The van der Waals surface area contributed by atoms with E-state index in [1.807, 2.05) is 59.5 Å². The minimum absolute atomic E-state index is 0.0245. The van der Waals surface area contributed by atoms with Crippen LogP contribution in [-0.2, 0) is 6.54 Å². The number of aliphatic imine (C=N–C) groups is 1. The molecule has 0 atom stereocenters. The molecule has 0 spiro atoms. The van der Waals surface area contributed by atoms with Crippen molar-refractivity contribution in [2.24, 2.45) is 4.99 Å². The highest BCUT2D eigenvalue weighted by atomic mass is 16.5. The van der Waals surface area contributed by atoms with Gasteiger partial charge in [0.25, 0.3) is 0 Å². The molecule has 0 radical (unpaired) electrons. The fourth-order valence-corrected chi connectivity index (χ4v) is 3.14. The molecule has 29 heavy (non-hydrogen) atoms. The lowest BCUT2D eigenvalue weighted by atomic mass is 10.2. The molecule has 7 heteroatoms. The van der Waals surface area contributed by atoms with Crippen molar-refractivity contribution in [3.63, 3.8) is 0 Å². The molecule has 0 saturated carbocycles. The van der Waals surface area contributed by atoms with E-state index in [9.17, 15) is 4.79 Å². The molecular formula is C22H29N5O2. The van der Waals surface area contributed by atoms with Crippen LogP contribution in [0.5, 0.6) is 5.75 Å². The fourth-order valence-electron chi connectivity index (χ4n) is 3.14. The Hall–Kier alpha value is -3.22. The molecule has 2 aromatic carbocycles. The average Bonchev–Trinajstić information content (AvgIpc) is 3.29. The summed E-state index contributed by atoms with van der Waals surface area (Å²) in [5.74, 6) is 1.55. The minimum atomic E-state index is -0.0245. The van der Waals surface area contributed by atoms with Crippen molar-refractivity contribution in [3.05, 3.63) is 60.2 Å². The van der Waals surface area contributed by atoms with E-state index >= 15 is 0 Å². The van der Waals surface area contributed by atoms with Crippen LogP contribution in [0.3, 0.4) is 0 Å². The summed E-state index contributed by atoms with van der Waals surface area (Å²) in [7, 11) is 1.74. The SMILES string of the molecule is CN=C(NCCOc1ccccc1)NCc1cccc(NC(=O)N2CCCC2)c1. The van der Waals surface area contributed by atoms with Crippen molar-refractivity contribution < 1.29 is 9.53 Å². The summed E-state index contributed by atoms with van der Waals surface area (Å²) in [5, 5.41) is 9.49. The predicted molar refractivity (Wildman–Crippen MR) is 116 cm³/mol. The Morgan fingerprint density at radius 2 is 1.86 bits per heavy atom. The van der Waals surface area contributed by atoms with Crippen molar-refractivity contribution in [2.75, 3.05) is 38.6 Å². The average molecular weight is 396 g/mol.